The van der Waals surface area contributed by atoms with Gasteiger partial charge in [-0.15, -0.1) is 0 Å². The largest absolute Gasteiger partial charge is 0.496 e. The van der Waals surface area contributed by atoms with Gasteiger partial charge in [0.2, 0.25) is 0 Å². The molecule has 3 heteroatoms. The molecule has 15 heavy (non-hydrogen) atoms. The predicted molar refractivity (Wildman–Crippen MR) is 61.4 cm³/mol. The average molecular weight is 206 g/mol. The van der Waals surface area contributed by atoms with E-state index in [0.717, 1.165) is 31.8 Å². The van der Waals surface area contributed by atoms with Gasteiger partial charge in [-0.3, -0.25) is 0 Å². The highest BCUT2D eigenvalue weighted by molar-refractivity contribution is 5.33. The fourth-order valence-electron chi connectivity index (χ4n) is 1.75. The first-order valence-electron chi connectivity index (χ1n) is 5.46. The number of nitrogens with one attached hydrogen (secondary N) is 2. The zero-order valence-electron chi connectivity index (χ0n) is 9.12. The quantitative estimate of drug-likeness (QED) is 0.747. The summed E-state index contributed by atoms with van der Waals surface area (Å²) in [6.07, 6.45) is 1.03. The lowest BCUT2D eigenvalue weighted by Gasteiger charge is -2.28. The summed E-state index contributed by atoms with van der Waals surface area (Å²) < 4.78 is 5.30. The minimum absolute atomic E-state index is 0.666. The highest BCUT2D eigenvalue weighted by Gasteiger charge is 2.14. The third kappa shape index (κ3) is 2.70. The molecule has 0 aliphatic carbocycles. The van der Waals surface area contributed by atoms with Crippen LogP contribution in [0.25, 0.3) is 0 Å². The minimum Gasteiger partial charge on any atom is -0.496 e. The Balaban J connectivity index is 1.81. The molecule has 82 valence electrons. The molecule has 0 aromatic heterocycles. The Kier molecular flexibility index (Phi) is 3.59. The van der Waals surface area contributed by atoms with Crippen molar-refractivity contribution >= 4 is 0 Å². The Morgan fingerprint density at radius 3 is 2.87 bits per heavy atom. The van der Waals surface area contributed by atoms with Crippen LogP contribution >= 0.6 is 0 Å². The van der Waals surface area contributed by atoms with Gasteiger partial charge >= 0.3 is 0 Å². The topological polar surface area (TPSA) is 33.3 Å². The second-order valence-corrected chi connectivity index (χ2v) is 3.87. The molecule has 0 spiro atoms. The van der Waals surface area contributed by atoms with Gasteiger partial charge in [0.15, 0.2) is 0 Å². The van der Waals surface area contributed by atoms with E-state index < -0.39 is 0 Å². The molecule has 3 nitrogen and oxygen atoms in total. The molecular formula is C12H18N2O. The number of methoxy groups -OCH3 is 1. The Morgan fingerprint density at radius 1 is 1.40 bits per heavy atom. The van der Waals surface area contributed by atoms with E-state index in [1.54, 1.807) is 7.11 Å². The van der Waals surface area contributed by atoms with Crippen molar-refractivity contribution in [2.45, 2.75) is 12.5 Å². The van der Waals surface area contributed by atoms with E-state index in [-0.39, 0.29) is 0 Å². The number of rotatable bonds is 5. The smallest absolute Gasteiger partial charge is 0.122 e. The monoisotopic (exact) mass is 206 g/mol. The maximum absolute atomic E-state index is 5.30. The van der Waals surface area contributed by atoms with Crippen molar-refractivity contribution in [1.29, 1.82) is 0 Å². The van der Waals surface area contributed by atoms with Crippen LogP contribution in [0, 0.1) is 0 Å². The maximum Gasteiger partial charge on any atom is 0.122 e. The van der Waals surface area contributed by atoms with Gasteiger partial charge in [0, 0.05) is 19.1 Å². The van der Waals surface area contributed by atoms with Crippen LogP contribution in [0.3, 0.4) is 0 Å². The molecule has 0 unspecified atom stereocenters. The molecule has 1 aromatic carbocycles. The Hall–Kier alpha value is -1.06. The van der Waals surface area contributed by atoms with Crippen molar-refractivity contribution in [3.05, 3.63) is 29.8 Å². The second kappa shape index (κ2) is 5.14. The molecule has 1 fully saturated rings. The van der Waals surface area contributed by atoms with Crippen molar-refractivity contribution < 1.29 is 4.74 Å². The molecule has 0 atom stereocenters. The van der Waals surface area contributed by atoms with Crippen molar-refractivity contribution in [3.8, 4) is 5.75 Å². The molecule has 0 saturated carbocycles. The number of ether oxygens (including phenoxy) is 1. The average Bonchev–Trinajstić information content (AvgIpc) is 2.22. The molecule has 1 aliphatic heterocycles. The molecule has 1 aromatic rings. The van der Waals surface area contributed by atoms with E-state index in [0.29, 0.717) is 6.04 Å². The van der Waals surface area contributed by atoms with Crippen LogP contribution in [0.4, 0.5) is 0 Å². The summed E-state index contributed by atoms with van der Waals surface area (Å²) in [5.41, 5.74) is 1.28. The predicted octanol–water partition coefficient (Wildman–Crippen LogP) is 0.799. The summed E-state index contributed by atoms with van der Waals surface area (Å²) in [5, 5.41) is 6.75. The minimum atomic E-state index is 0.666. The van der Waals surface area contributed by atoms with E-state index in [4.69, 9.17) is 4.74 Å². The van der Waals surface area contributed by atoms with Crippen molar-refractivity contribution in [3.63, 3.8) is 0 Å². The Labute approximate surface area is 90.8 Å². The molecule has 1 heterocycles. The SMILES string of the molecule is COc1ccccc1CCNC1CNC1. The first kappa shape index (κ1) is 10.5. The number of benzene rings is 1. The van der Waals surface area contributed by atoms with Gasteiger partial charge < -0.3 is 15.4 Å². The Morgan fingerprint density at radius 2 is 2.20 bits per heavy atom. The van der Waals surface area contributed by atoms with E-state index in [1.165, 1.54) is 5.56 Å². The molecule has 2 N–H and O–H groups in total. The van der Waals surface area contributed by atoms with Gasteiger partial charge in [0.25, 0.3) is 0 Å². The number of hydrogen-bond donors (Lipinski definition) is 2. The lowest BCUT2D eigenvalue weighted by molar-refractivity contribution is 0.366. The fourth-order valence-corrected chi connectivity index (χ4v) is 1.75. The molecule has 2 rings (SSSR count). The van der Waals surface area contributed by atoms with E-state index in [2.05, 4.69) is 22.8 Å². The van der Waals surface area contributed by atoms with Crippen LogP contribution in [0.15, 0.2) is 24.3 Å². The van der Waals surface area contributed by atoms with Gasteiger partial charge in [-0.25, -0.2) is 0 Å². The zero-order valence-corrected chi connectivity index (χ0v) is 9.12. The molecule has 0 bridgehead atoms. The van der Waals surface area contributed by atoms with Crippen LogP contribution < -0.4 is 15.4 Å². The highest BCUT2D eigenvalue weighted by Crippen LogP contribution is 2.17. The van der Waals surface area contributed by atoms with Gasteiger partial charge in [-0.05, 0) is 24.6 Å². The van der Waals surface area contributed by atoms with Crippen LogP contribution in [0.1, 0.15) is 5.56 Å². The normalized spacial score (nSPS) is 16.1. The fraction of sp³-hybridized carbons (Fsp3) is 0.500. The summed E-state index contributed by atoms with van der Waals surface area (Å²) in [6.45, 7) is 3.23. The van der Waals surface area contributed by atoms with Crippen molar-refractivity contribution in [1.82, 2.24) is 10.6 Å². The van der Waals surface area contributed by atoms with Crippen LogP contribution in [0.5, 0.6) is 5.75 Å². The summed E-state index contributed by atoms with van der Waals surface area (Å²) in [4.78, 5) is 0. The first-order chi connectivity index (χ1) is 7.40. The van der Waals surface area contributed by atoms with Gasteiger partial charge in [0.05, 0.1) is 7.11 Å². The highest BCUT2D eigenvalue weighted by atomic mass is 16.5. The van der Waals surface area contributed by atoms with E-state index in [9.17, 15) is 0 Å². The number of para-hydroxylation sites is 1. The molecule has 1 aliphatic rings. The van der Waals surface area contributed by atoms with Crippen molar-refractivity contribution in [2.24, 2.45) is 0 Å². The van der Waals surface area contributed by atoms with E-state index >= 15 is 0 Å². The maximum atomic E-state index is 5.30. The van der Waals surface area contributed by atoms with Gasteiger partial charge in [-0.2, -0.15) is 0 Å². The third-order valence-electron chi connectivity index (χ3n) is 2.80. The standard InChI is InChI=1S/C12H18N2O/c1-15-12-5-3-2-4-10(12)6-7-14-11-8-13-9-11/h2-5,11,13-14H,6-9H2,1H3. The summed E-state index contributed by atoms with van der Waals surface area (Å²) in [6, 6.07) is 8.87. The molecular weight excluding hydrogens is 188 g/mol. The lowest BCUT2D eigenvalue weighted by atomic mass is 10.1. The van der Waals surface area contributed by atoms with Crippen LogP contribution in [-0.2, 0) is 6.42 Å². The number of hydrogen-bond acceptors (Lipinski definition) is 3. The summed E-state index contributed by atoms with van der Waals surface area (Å²) in [7, 11) is 1.72. The van der Waals surface area contributed by atoms with Gasteiger partial charge in [-0.1, -0.05) is 18.2 Å². The zero-order chi connectivity index (χ0) is 10.5. The Bertz CT molecular complexity index is 310. The van der Waals surface area contributed by atoms with Crippen LogP contribution in [0.2, 0.25) is 0 Å². The van der Waals surface area contributed by atoms with Crippen LogP contribution in [-0.4, -0.2) is 32.8 Å². The summed E-state index contributed by atoms with van der Waals surface area (Å²) in [5.74, 6) is 0.992. The third-order valence-corrected chi connectivity index (χ3v) is 2.80. The van der Waals surface area contributed by atoms with Crippen molar-refractivity contribution in [2.75, 3.05) is 26.7 Å². The molecule has 1 saturated heterocycles. The summed E-state index contributed by atoms with van der Waals surface area (Å²) >= 11 is 0. The van der Waals surface area contributed by atoms with E-state index in [1.807, 2.05) is 12.1 Å². The molecule has 0 radical (unpaired) electrons. The molecule has 0 amide bonds. The first-order valence-corrected chi connectivity index (χ1v) is 5.46. The second-order valence-electron chi connectivity index (χ2n) is 3.87. The lowest BCUT2D eigenvalue weighted by Crippen LogP contribution is -2.55. The van der Waals surface area contributed by atoms with Gasteiger partial charge in [0.1, 0.15) is 5.75 Å².